The number of rotatable bonds is 0. The zero-order chi connectivity index (χ0) is 53.3. The van der Waals surface area contributed by atoms with Crippen molar-refractivity contribution in [2.45, 2.75) is 0 Å². The van der Waals surface area contributed by atoms with Gasteiger partial charge in [0, 0.05) is 0 Å². The van der Waals surface area contributed by atoms with Gasteiger partial charge in [-0.25, -0.2) is 0 Å². The van der Waals surface area contributed by atoms with Crippen molar-refractivity contribution < 1.29 is 193 Å². The van der Waals surface area contributed by atoms with Crippen LogP contribution in [0.4, 0.5) is 0 Å². The fourth-order valence-electron chi connectivity index (χ4n) is 3.30. The van der Waals surface area contributed by atoms with Crippen LogP contribution in [0.25, 0.3) is 0 Å². The van der Waals surface area contributed by atoms with Gasteiger partial charge in [0.05, 0.1) is 229 Å². The largest absolute Gasteiger partial charge is 2.00 e. The average molecular weight is 1340 g/mol. The smallest absolute Gasteiger partial charge is 0.457 e. The van der Waals surface area contributed by atoms with Gasteiger partial charge in [0.1, 0.15) is 0 Å². The zero-order valence-corrected chi connectivity index (χ0v) is 51.9. The molecule has 0 spiro atoms. The summed E-state index contributed by atoms with van der Waals surface area (Å²) in [6.07, 6.45) is 0. The quantitative estimate of drug-likeness (QED) is 0.0941. The first-order chi connectivity index (χ1) is 32.9. The molecule has 78 heavy (non-hydrogen) atoms. The molecule has 48 heteroatoms. The van der Waals surface area contributed by atoms with E-state index in [1.54, 1.807) is 0 Å². The molecule has 0 aromatic rings. The Morgan fingerprint density at radius 2 is 0.179 bits per heavy atom. The number of ether oxygens (including phenoxy) is 15. The monoisotopic (exact) mass is 1340 g/mol. The number of hydrogen-bond donors (Lipinski definition) is 0. The van der Waals surface area contributed by atoms with E-state index in [2.05, 4.69) is 0 Å². The molecule has 3 heterocycles. The van der Waals surface area contributed by atoms with E-state index in [0.29, 0.717) is 198 Å². The van der Waals surface area contributed by atoms with E-state index in [1.165, 1.54) is 0 Å². The van der Waals surface area contributed by atoms with Gasteiger partial charge in [-0.1, -0.05) is 0 Å². The van der Waals surface area contributed by atoms with Crippen LogP contribution >= 0.6 is 0 Å². The normalized spacial score (nSPS) is 15.7. The second-order valence-corrected chi connectivity index (χ2v) is 10.5. The van der Waals surface area contributed by atoms with Crippen molar-refractivity contribution in [3.63, 3.8) is 0 Å². The topological polar surface area (TPSA) is 734 Å². The van der Waals surface area contributed by atoms with Gasteiger partial charge < -0.3 is 196 Å². The minimum absolute atomic E-state index is 0. The molecule has 3 rings (SSSR count). The summed E-state index contributed by atoms with van der Waals surface area (Å²) in [4.78, 5) is 49.5. The van der Waals surface area contributed by atoms with Gasteiger partial charge in [-0.2, -0.15) is 0 Å². The maximum absolute atomic E-state index is 8.25. The van der Waals surface area contributed by atoms with Crippen LogP contribution in [0, 0.1) is 91.9 Å². The summed E-state index contributed by atoms with van der Waals surface area (Å²) in [6.45, 7) is 18.3. The van der Waals surface area contributed by atoms with Crippen molar-refractivity contribution >= 4 is 0 Å². The number of nitrogens with zero attached hydrogens (tertiary/aromatic N) is 6. The third kappa shape index (κ3) is 216. The van der Waals surface area contributed by atoms with Crippen molar-refractivity contribution in [3.05, 3.63) is 91.9 Å². The minimum atomic E-state index is -1.75. The summed E-state index contributed by atoms with van der Waals surface area (Å²) in [5.74, 6) is 0. The summed E-state index contributed by atoms with van der Waals surface area (Å²) in [5, 5.41) is 88.5. The van der Waals surface area contributed by atoms with Gasteiger partial charge in [0.15, 0.2) is 0 Å². The second-order valence-electron chi connectivity index (χ2n) is 10.5. The van der Waals surface area contributed by atoms with E-state index in [1.807, 2.05) is 0 Å². The standard InChI is InChI=1S/3C10H20O5.6NO3.6H2O.3Zn/c3*1-2-12-5-6-14-9-10-15-8-7-13-4-3-11-1;6*2-1(3)4;;;;;;;;;/h3*1-10H2;;;;;;;6*1H2;;;/q;;;6*-1;;;;;;;3*+2/p+6. The van der Waals surface area contributed by atoms with E-state index in [-0.39, 0.29) is 91.3 Å². The van der Waals surface area contributed by atoms with Crippen molar-refractivity contribution in [3.8, 4) is 0 Å². The van der Waals surface area contributed by atoms with Crippen LogP contribution in [0.5, 0.6) is 0 Å². The van der Waals surface area contributed by atoms with Crippen molar-refractivity contribution in [2.24, 2.45) is 0 Å². The van der Waals surface area contributed by atoms with Crippen molar-refractivity contribution in [2.75, 3.05) is 198 Å². The first kappa shape index (κ1) is 113. The van der Waals surface area contributed by atoms with Crippen LogP contribution in [-0.2, 0) is 162 Å². The van der Waals surface area contributed by atoms with Gasteiger partial charge in [0.2, 0.25) is 0 Å². The van der Waals surface area contributed by atoms with Crippen molar-refractivity contribution in [1.29, 1.82) is 0 Å². The molecule has 45 nitrogen and oxygen atoms in total. The first-order valence-electron chi connectivity index (χ1n) is 19.4. The van der Waals surface area contributed by atoms with Crippen LogP contribution in [0.15, 0.2) is 0 Å². The zero-order valence-electron chi connectivity index (χ0n) is 43.0. The van der Waals surface area contributed by atoms with Gasteiger partial charge in [-0.05, 0) is 0 Å². The first-order valence-corrected chi connectivity index (χ1v) is 19.4. The Bertz CT molecular complexity index is 756. The van der Waals surface area contributed by atoms with Gasteiger partial charge in [0.25, 0.3) is 0 Å². The molecule has 0 radical (unpaired) electrons. The molecule has 0 aromatic carbocycles. The summed E-state index contributed by atoms with van der Waals surface area (Å²) >= 11 is 0. The Morgan fingerprint density at radius 1 is 0.154 bits per heavy atom. The summed E-state index contributed by atoms with van der Waals surface area (Å²) in [6, 6.07) is 0. The van der Waals surface area contributed by atoms with E-state index in [9.17, 15) is 0 Å². The molecule has 3 saturated heterocycles. The minimum Gasteiger partial charge on any atom is -0.457 e. The predicted molar refractivity (Wildman–Crippen MR) is 254 cm³/mol. The Kier molecular flexibility index (Phi) is 158. The molecular weight excluding hydrogens is 1260 g/mol. The molecule has 18 N–H and O–H groups in total. The molecule has 0 atom stereocenters. The third-order valence-corrected chi connectivity index (χ3v) is 5.58. The Balaban J connectivity index is -0.0000000464. The molecule has 0 aliphatic carbocycles. The molecule has 0 unspecified atom stereocenters. The molecule has 462 valence electrons. The van der Waals surface area contributed by atoms with Crippen LogP contribution in [-0.4, -0.2) is 229 Å². The molecule has 3 fully saturated rings. The molecular formula is C30H78N6O39Zn3+6. The fraction of sp³-hybridized carbons (Fsp3) is 1.00. The maximum Gasteiger partial charge on any atom is 2.00 e. The van der Waals surface area contributed by atoms with E-state index in [4.69, 9.17) is 163 Å². The van der Waals surface area contributed by atoms with Crippen LogP contribution in [0.2, 0.25) is 0 Å². The molecule has 0 amide bonds. The predicted octanol–water partition coefficient (Wildman–Crippen LogP) is -6.72. The second kappa shape index (κ2) is 109. The Hall–Kier alpha value is -3.77. The van der Waals surface area contributed by atoms with Gasteiger partial charge >= 0.3 is 58.4 Å². The average Bonchev–Trinajstić information content (AvgIpc) is 3.27. The molecule has 0 saturated carbocycles. The van der Waals surface area contributed by atoms with Crippen LogP contribution in [0.1, 0.15) is 0 Å². The van der Waals surface area contributed by atoms with E-state index in [0.717, 1.165) is 0 Å². The third-order valence-electron chi connectivity index (χ3n) is 5.58. The number of hydrogen-bond acceptors (Lipinski definition) is 33. The summed E-state index contributed by atoms with van der Waals surface area (Å²) in [7, 11) is 0. The fourth-order valence-corrected chi connectivity index (χ4v) is 3.30. The maximum atomic E-state index is 8.25. The van der Waals surface area contributed by atoms with Gasteiger partial charge in [-0.3, -0.25) is 0 Å². The van der Waals surface area contributed by atoms with E-state index >= 15 is 0 Å². The summed E-state index contributed by atoms with van der Waals surface area (Å²) in [5.41, 5.74) is 0. The summed E-state index contributed by atoms with van der Waals surface area (Å²) < 4.78 is 79.2. The molecule has 3 aliphatic rings. The molecule has 0 aromatic heterocycles. The Labute approximate surface area is 481 Å². The molecule has 3 aliphatic heterocycles. The SMILES string of the molecule is C1COCCOCCOCCOCCO1.C1COCCOCCOCCOCCO1.C1COCCOCCOCCOCCO1.O=[N+]([O-])[O-].O=[N+]([O-])[O-].O=[N+]([O-])[O-].O=[N+]([O-])[O-].O=[N+]([O-])[O-].O=[N+]([O-])[O-].[OH3+].[OH3+].[OH3+].[OH3+].[OH3+].[OH3+].[Zn+2].[Zn+2].[Zn+2]. The van der Waals surface area contributed by atoms with Crippen molar-refractivity contribution in [1.82, 2.24) is 0 Å². The Morgan fingerprint density at radius 3 is 0.205 bits per heavy atom. The molecule has 0 bridgehead atoms. The van der Waals surface area contributed by atoms with Crippen LogP contribution < -0.4 is 0 Å². The van der Waals surface area contributed by atoms with E-state index < -0.39 is 30.5 Å². The van der Waals surface area contributed by atoms with Gasteiger partial charge in [-0.15, -0.1) is 0 Å². The van der Waals surface area contributed by atoms with Crippen LogP contribution in [0.3, 0.4) is 0 Å².